The van der Waals surface area contributed by atoms with Gasteiger partial charge in [0.25, 0.3) is 5.91 Å². The molecule has 1 aromatic carbocycles. The summed E-state index contributed by atoms with van der Waals surface area (Å²) < 4.78 is 37.7. The van der Waals surface area contributed by atoms with Gasteiger partial charge >= 0.3 is 6.18 Å². The Bertz CT molecular complexity index is 933. The van der Waals surface area contributed by atoms with E-state index >= 15 is 0 Å². The Kier molecular flexibility index (Phi) is 5.90. The monoisotopic (exact) mass is 421 g/mol. The first kappa shape index (κ1) is 21.2. The predicted molar refractivity (Wildman–Crippen MR) is 108 cm³/mol. The van der Waals surface area contributed by atoms with E-state index in [2.05, 4.69) is 48.2 Å². The number of benzene rings is 1. The van der Waals surface area contributed by atoms with Crippen molar-refractivity contribution in [3.8, 4) is 11.8 Å². The summed E-state index contributed by atoms with van der Waals surface area (Å²) in [5.41, 5.74) is 0.664. The van der Waals surface area contributed by atoms with Crippen LogP contribution in [0.15, 0.2) is 29.6 Å². The lowest BCUT2D eigenvalue weighted by molar-refractivity contribution is -0.137. The summed E-state index contributed by atoms with van der Waals surface area (Å²) in [6.45, 7) is 7.82. The maximum absolute atomic E-state index is 12.6. The van der Waals surface area contributed by atoms with Crippen LogP contribution in [0.1, 0.15) is 44.0 Å². The number of alkyl halides is 3. The fraction of sp³-hybridized carbons (Fsp3) is 0.429. The number of halogens is 3. The summed E-state index contributed by atoms with van der Waals surface area (Å²) in [5, 5.41) is 5.88. The molecule has 0 radical (unpaired) electrons. The Balaban J connectivity index is 1.55. The minimum atomic E-state index is -4.39. The highest BCUT2D eigenvalue weighted by Gasteiger charge is 2.30. The molecule has 0 spiro atoms. The Morgan fingerprint density at radius 1 is 1.24 bits per heavy atom. The maximum Gasteiger partial charge on any atom is 0.416 e. The molecular formula is C21H22F3N3OS. The van der Waals surface area contributed by atoms with Gasteiger partial charge in [0.2, 0.25) is 0 Å². The highest BCUT2D eigenvalue weighted by atomic mass is 32.1. The van der Waals surface area contributed by atoms with Crippen molar-refractivity contribution in [3.63, 3.8) is 0 Å². The average Bonchev–Trinajstić information content (AvgIpc) is 3.28. The molecule has 2 aromatic rings. The Morgan fingerprint density at radius 2 is 1.93 bits per heavy atom. The molecule has 0 aliphatic carbocycles. The van der Waals surface area contributed by atoms with Crippen LogP contribution in [0.5, 0.6) is 0 Å². The molecule has 1 N–H and O–H groups in total. The minimum Gasteiger partial charge on any atom is -0.346 e. The fourth-order valence-electron chi connectivity index (χ4n) is 2.90. The van der Waals surface area contributed by atoms with Gasteiger partial charge in [-0.25, -0.2) is 4.98 Å². The van der Waals surface area contributed by atoms with Crippen LogP contribution in [0, 0.1) is 11.8 Å². The molecule has 1 aliphatic rings. The molecule has 154 valence electrons. The maximum atomic E-state index is 12.6. The van der Waals surface area contributed by atoms with Gasteiger partial charge in [0.1, 0.15) is 0 Å². The number of thiazole rings is 1. The Hall–Kier alpha value is -2.53. The van der Waals surface area contributed by atoms with E-state index in [0.717, 1.165) is 35.9 Å². The van der Waals surface area contributed by atoms with Crippen molar-refractivity contribution < 1.29 is 18.0 Å². The number of hydrogen-bond donors (Lipinski definition) is 1. The molecule has 1 aliphatic heterocycles. The molecular weight excluding hydrogens is 399 g/mol. The lowest BCUT2D eigenvalue weighted by atomic mass is 9.93. The first-order valence-corrected chi connectivity index (χ1v) is 10.1. The highest BCUT2D eigenvalue weighted by Crippen LogP contribution is 2.30. The molecule has 1 unspecified atom stereocenters. The van der Waals surface area contributed by atoms with Crippen molar-refractivity contribution in [1.82, 2.24) is 10.3 Å². The molecule has 3 rings (SSSR count). The van der Waals surface area contributed by atoms with E-state index in [4.69, 9.17) is 4.98 Å². The number of carbonyl (C=O) groups excluding carboxylic acids is 1. The van der Waals surface area contributed by atoms with E-state index in [1.165, 1.54) is 12.1 Å². The molecule has 4 nitrogen and oxygen atoms in total. The van der Waals surface area contributed by atoms with Crippen LogP contribution in [-0.2, 0) is 16.4 Å². The van der Waals surface area contributed by atoms with Crippen molar-refractivity contribution in [2.45, 2.75) is 44.8 Å². The minimum absolute atomic E-state index is 0.00399. The van der Waals surface area contributed by atoms with Crippen LogP contribution in [0.4, 0.5) is 18.3 Å². The fourth-order valence-corrected chi connectivity index (χ4v) is 3.99. The van der Waals surface area contributed by atoms with Crippen LogP contribution in [0.3, 0.4) is 0 Å². The number of hydrogen-bond acceptors (Lipinski definition) is 4. The van der Waals surface area contributed by atoms with Crippen LogP contribution in [0.2, 0.25) is 0 Å². The second-order valence-corrected chi connectivity index (χ2v) is 8.83. The molecule has 1 atom stereocenters. The van der Waals surface area contributed by atoms with E-state index in [0.29, 0.717) is 12.1 Å². The summed E-state index contributed by atoms with van der Waals surface area (Å²) in [6.07, 6.45) is -3.60. The predicted octanol–water partition coefficient (Wildman–Crippen LogP) is 4.21. The summed E-state index contributed by atoms with van der Waals surface area (Å²) in [7, 11) is 0. The van der Waals surface area contributed by atoms with Gasteiger partial charge < -0.3 is 10.2 Å². The van der Waals surface area contributed by atoms with Gasteiger partial charge in [0, 0.05) is 41.4 Å². The van der Waals surface area contributed by atoms with Crippen molar-refractivity contribution in [2.75, 3.05) is 18.0 Å². The molecule has 8 heteroatoms. The highest BCUT2D eigenvalue weighted by molar-refractivity contribution is 7.13. The van der Waals surface area contributed by atoms with Gasteiger partial charge in [-0.15, -0.1) is 11.3 Å². The third-order valence-corrected chi connectivity index (χ3v) is 5.49. The van der Waals surface area contributed by atoms with Crippen molar-refractivity contribution in [1.29, 1.82) is 0 Å². The zero-order chi connectivity index (χ0) is 21.2. The van der Waals surface area contributed by atoms with Crippen molar-refractivity contribution in [3.05, 3.63) is 46.5 Å². The van der Waals surface area contributed by atoms with Crippen LogP contribution in [-0.4, -0.2) is 30.0 Å². The van der Waals surface area contributed by atoms with E-state index in [9.17, 15) is 18.0 Å². The Morgan fingerprint density at radius 3 is 2.52 bits per heavy atom. The van der Waals surface area contributed by atoms with Crippen LogP contribution < -0.4 is 10.2 Å². The summed E-state index contributed by atoms with van der Waals surface area (Å²) >= 11 is 1.60. The Labute approximate surface area is 172 Å². The van der Waals surface area contributed by atoms with E-state index < -0.39 is 17.6 Å². The lowest BCUT2D eigenvalue weighted by Gasteiger charge is -2.17. The number of amides is 1. The molecule has 29 heavy (non-hydrogen) atoms. The number of nitrogens with zero attached hydrogens (tertiary/aromatic N) is 2. The molecule has 1 fully saturated rings. The van der Waals surface area contributed by atoms with E-state index in [1.54, 1.807) is 11.3 Å². The normalized spacial score (nSPS) is 17.0. The number of carbonyl (C=O) groups is 1. The molecule has 1 saturated heterocycles. The van der Waals surface area contributed by atoms with E-state index in [1.807, 2.05) is 0 Å². The molecule has 1 amide bonds. The number of nitrogens with one attached hydrogen (secondary N) is 1. The quantitative estimate of drug-likeness (QED) is 0.739. The van der Waals surface area contributed by atoms with Gasteiger partial charge in [-0.3, -0.25) is 4.79 Å². The van der Waals surface area contributed by atoms with Gasteiger partial charge in [-0.1, -0.05) is 26.7 Å². The zero-order valence-corrected chi connectivity index (χ0v) is 17.2. The smallest absolute Gasteiger partial charge is 0.346 e. The topological polar surface area (TPSA) is 45.2 Å². The SMILES string of the molecule is CC(C)(C)c1csc(N2CCC(NC(=O)C#Cc3ccc(C(F)(F)F)cc3)C2)n1. The van der Waals surface area contributed by atoms with Gasteiger partial charge in [0.05, 0.1) is 11.3 Å². The van der Waals surface area contributed by atoms with E-state index in [-0.39, 0.29) is 11.5 Å². The van der Waals surface area contributed by atoms with Crippen molar-refractivity contribution >= 4 is 22.4 Å². The van der Waals surface area contributed by atoms with Gasteiger partial charge in [-0.2, -0.15) is 13.2 Å². The summed E-state index contributed by atoms with van der Waals surface area (Å²) in [5.74, 6) is 4.62. The third-order valence-electron chi connectivity index (χ3n) is 4.59. The first-order chi connectivity index (χ1) is 13.5. The molecule has 1 aromatic heterocycles. The summed E-state index contributed by atoms with van der Waals surface area (Å²) in [4.78, 5) is 18.9. The zero-order valence-electron chi connectivity index (χ0n) is 16.4. The third kappa shape index (κ3) is 5.51. The molecule has 0 bridgehead atoms. The largest absolute Gasteiger partial charge is 0.416 e. The lowest BCUT2D eigenvalue weighted by Crippen LogP contribution is -2.36. The number of aromatic nitrogens is 1. The standard InChI is InChI=1S/C21H22F3N3OS/c1-20(2,3)17-13-29-19(26-17)27-11-10-16(12-27)25-18(28)9-6-14-4-7-15(8-5-14)21(22,23)24/h4-5,7-8,13,16H,10-12H2,1-3H3,(H,25,28). The summed E-state index contributed by atoms with van der Waals surface area (Å²) in [6, 6.07) is 4.39. The first-order valence-electron chi connectivity index (χ1n) is 9.23. The van der Waals surface area contributed by atoms with Gasteiger partial charge in [-0.05, 0) is 30.7 Å². The second-order valence-electron chi connectivity index (χ2n) is 8.00. The van der Waals surface area contributed by atoms with Crippen molar-refractivity contribution in [2.24, 2.45) is 0 Å². The van der Waals surface area contributed by atoms with Crippen LogP contribution >= 0.6 is 11.3 Å². The van der Waals surface area contributed by atoms with Gasteiger partial charge in [0.15, 0.2) is 5.13 Å². The average molecular weight is 421 g/mol. The second kappa shape index (κ2) is 8.07. The van der Waals surface area contributed by atoms with Crippen LogP contribution in [0.25, 0.3) is 0 Å². The number of rotatable bonds is 2. The molecule has 2 heterocycles. The molecule has 0 saturated carbocycles. The number of anilines is 1.